The lowest BCUT2D eigenvalue weighted by atomic mass is 10.1. The highest BCUT2D eigenvalue weighted by molar-refractivity contribution is 7.99. The van der Waals surface area contributed by atoms with Crippen molar-refractivity contribution in [3.8, 4) is 0 Å². The van der Waals surface area contributed by atoms with Crippen LogP contribution in [0, 0.1) is 0 Å². The number of thioether (sulfide) groups is 1. The quantitative estimate of drug-likeness (QED) is 0.372. The number of fused-ring (bicyclic) bond motifs is 1. The molecule has 4 aromatic rings. The van der Waals surface area contributed by atoms with Crippen LogP contribution in [0.3, 0.4) is 0 Å². The van der Waals surface area contributed by atoms with Crippen LogP contribution in [0.15, 0.2) is 69.2 Å². The highest BCUT2D eigenvalue weighted by Gasteiger charge is 2.18. The van der Waals surface area contributed by atoms with Crippen LogP contribution in [0.4, 0.5) is 0 Å². The summed E-state index contributed by atoms with van der Waals surface area (Å²) in [6.07, 6.45) is 0. The Labute approximate surface area is 174 Å². The fourth-order valence-corrected chi connectivity index (χ4v) is 5.24. The van der Waals surface area contributed by atoms with E-state index < -0.39 is 0 Å². The Balaban J connectivity index is 1.50. The minimum absolute atomic E-state index is 0.0799. The first-order valence-corrected chi connectivity index (χ1v) is 11.3. The van der Waals surface area contributed by atoms with Gasteiger partial charge in [-0.25, -0.2) is 4.98 Å². The van der Waals surface area contributed by atoms with E-state index in [9.17, 15) is 9.59 Å². The Morgan fingerprint density at radius 3 is 2.71 bits per heavy atom. The number of hydrogen-bond acceptors (Lipinski definition) is 6. The van der Waals surface area contributed by atoms with Gasteiger partial charge in [-0.05, 0) is 28.5 Å². The van der Waals surface area contributed by atoms with Crippen molar-refractivity contribution in [2.45, 2.75) is 11.2 Å². The highest BCUT2D eigenvalue weighted by atomic mass is 32.2. The average molecular weight is 428 g/mol. The van der Waals surface area contributed by atoms with E-state index in [-0.39, 0.29) is 23.3 Å². The van der Waals surface area contributed by atoms with Gasteiger partial charge in [0, 0.05) is 11.9 Å². The number of carbonyl (C=O) groups excluding carboxylic acids is 1. The van der Waals surface area contributed by atoms with Crippen molar-refractivity contribution < 1.29 is 4.79 Å². The van der Waals surface area contributed by atoms with Gasteiger partial charge in [-0.15, -0.1) is 22.7 Å². The van der Waals surface area contributed by atoms with Gasteiger partial charge in [-0.2, -0.15) is 0 Å². The van der Waals surface area contributed by atoms with E-state index in [1.165, 1.54) is 27.7 Å². The predicted molar refractivity (Wildman–Crippen MR) is 116 cm³/mol. The Morgan fingerprint density at radius 1 is 1.14 bits per heavy atom. The summed E-state index contributed by atoms with van der Waals surface area (Å²) in [4.78, 5) is 30.7. The van der Waals surface area contributed by atoms with E-state index >= 15 is 0 Å². The number of carbonyl (C=O) groups is 1. The number of thiophene rings is 2. The van der Waals surface area contributed by atoms with Crippen molar-refractivity contribution in [1.82, 2.24) is 14.9 Å². The lowest BCUT2D eigenvalue weighted by Gasteiger charge is -2.18. The van der Waals surface area contributed by atoms with Crippen molar-refractivity contribution in [3.05, 3.63) is 80.1 Å². The molecule has 1 atom stereocenters. The van der Waals surface area contributed by atoms with Crippen LogP contribution in [0.5, 0.6) is 0 Å². The zero-order valence-electron chi connectivity index (χ0n) is 15.0. The number of hydrogen-bond donors (Lipinski definition) is 1. The van der Waals surface area contributed by atoms with E-state index in [1.807, 2.05) is 59.3 Å². The molecule has 1 aromatic carbocycles. The molecule has 0 bridgehead atoms. The molecule has 8 heteroatoms. The van der Waals surface area contributed by atoms with Gasteiger partial charge in [0.2, 0.25) is 5.91 Å². The predicted octanol–water partition coefficient (Wildman–Crippen LogP) is 4.05. The van der Waals surface area contributed by atoms with E-state index in [2.05, 4.69) is 10.3 Å². The van der Waals surface area contributed by atoms with E-state index in [4.69, 9.17) is 0 Å². The topological polar surface area (TPSA) is 64.0 Å². The van der Waals surface area contributed by atoms with E-state index in [0.29, 0.717) is 15.4 Å². The first-order valence-electron chi connectivity index (χ1n) is 8.58. The second-order valence-electron chi connectivity index (χ2n) is 6.11. The van der Waals surface area contributed by atoms with Gasteiger partial charge in [-0.3, -0.25) is 14.2 Å². The minimum Gasteiger partial charge on any atom is -0.344 e. The Bertz CT molecular complexity index is 1150. The summed E-state index contributed by atoms with van der Waals surface area (Å²) in [5, 5.41) is 7.50. The number of benzene rings is 1. The molecule has 142 valence electrons. The van der Waals surface area contributed by atoms with E-state index in [0.717, 1.165) is 10.4 Å². The van der Waals surface area contributed by atoms with E-state index in [1.54, 1.807) is 18.4 Å². The van der Waals surface area contributed by atoms with Crippen LogP contribution < -0.4 is 10.9 Å². The molecule has 0 radical (unpaired) electrons. The molecule has 1 amide bonds. The molecule has 1 N–H and O–H groups in total. The molecule has 0 aliphatic rings. The maximum atomic E-state index is 12.7. The zero-order chi connectivity index (χ0) is 19.5. The van der Waals surface area contributed by atoms with Crippen molar-refractivity contribution in [2.75, 3.05) is 5.75 Å². The van der Waals surface area contributed by atoms with Crippen molar-refractivity contribution >= 4 is 50.6 Å². The summed E-state index contributed by atoms with van der Waals surface area (Å²) >= 11 is 4.26. The molecule has 0 saturated heterocycles. The van der Waals surface area contributed by atoms with Crippen molar-refractivity contribution in [2.24, 2.45) is 7.05 Å². The summed E-state index contributed by atoms with van der Waals surface area (Å²) in [5.74, 6) is 0.0804. The molecule has 0 spiro atoms. The van der Waals surface area contributed by atoms with Gasteiger partial charge in [0.15, 0.2) is 5.16 Å². The maximum absolute atomic E-state index is 12.7. The largest absolute Gasteiger partial charge is 0.344 e. The molecule has 3 heterocycles. The molecular formula is C20H17N3O2S3. The Kier molecular flexibility index (Phi) is 5.61. The number of aromatic nitrogens is 2. The first-order chi connectivity index (χ1) is 13.6. The van der Waals surface area contributed by atoms with Gasteiger partial charge in [0.25, 0.3) is 5.56 Å². The van der Waals surface area contributed by atoms with Gasteiger partial charge in [0.1, 0.15) is 4.70 Å². The molecule has 0 aliphatic carbocycles. The summed E-state index contributed by atoms with van der Waals surface area (Å²) < 4.78 is 2.14. The van der Waals surface area contributed by atoms with Crippen LogP contribution in [0.25, 0.3) is 10.2 Å². The van der Waals surface area contributed by atoms with Crippen molar-refractivity contribution in [1.29, 1.82) is 0 Å². The lowest BCUT2D eigenvalue weighted by Crippen LogP contribution is -2.30. The fourth-order valence-electron chi connectivity index (χ4n) is 2.85. The second kappa shape index (κ2) is 8.30. The summed E-state index contributed by atoms with van der Waals surface area (Å²) in [6.45, 7) is 0. The molecular weight excluding hydrogens is 410 g/mol. The number of nitrogens with one attached hydrogen (secondary N) is 1. The minimum atomic E-state index is -0.189. The van der Waals surface area contributed by atoms with Crippen LogP contribution in [-0.4, -0.2) is 21.2 Å². The third-order valence-corrected chi connectivity index (χ3v) is 7.10. The molecule has 28 heavy (non-hydrogen) atoms. The van der Waals surface area contributed by atoms with Gasteiger partial charge >= 0.3 is 0 Å². The third kappa shape index (κ3) is 3.89. The van der Waals surface area contributed by atoms with Crippen LogP contribution in [-0.2, 0) is 11.8 Å². The summed E-state index contributed by atoms with van der Waals surface area (Å²) in [7, 11) is 1.69. The SMILES string of the molecule is Cn1c(SCC(=O)NC(c2ccccc2)c2cccs2)nc2ccsc2c1=O. The second-order valence-corrected chi connectivity index (χ2v) is 8.95. The van der Waals surface area contributed by atoms with Gasteiger partial charge < -0.3 is 5.32 Å². The number of amides is 1. The highest BCUT2D eigenvalue weighted by Crippen LogP contribution is 2.26. The molecule has 1 unspecified atom stereocenters. The maximum Gasteiger partial charge on any atom is 0.271 e. The van der Waals surface area contributed by atoms with Crippen LogP contribution in [0.1, 0.15) is 16.5 Å². The Morgan fingerprint density at radius 2 is 1.96 bits per heavy atom. The lowest BCUT2D eigenvalue weighted by molar-refractivity contribution is -0.119. The van der Waals surface area contributed by atoms with Crippen molar-refractivity contribution in [3.63, 3.8) is 0 Å². The third-order valence-electron chi connectivity index (χ3n) is 4.24. The molecule has 0 fully saturated rings. The summed E-state index contributed by atoms with van der Waals surface area (Å²) in [6, 6.07) is 15.5. The summed E-state index contributed by atoms with van der Waals surface area (Å²) in [5.41, 5.74) is 1.63. The number of rotatable bonds is 6. The zero-order valence-corrected chi connectivity index (χ0v) is 17.4. The van der Waals surface area contributed by atoms with Crippen LogP contribution in [0.2, 0.25) is 0 Å². The normalized spacial score (nSPS) is 12.2. The molecule has 3 aromatic heterocycles. The molecule has 5 nitrogen and oxygen atoms in total. The molecule has 4 rings (SSSR count). The molecule has 0 saturated carbocycles. The average Bonchev–Trinajstić information content (AvgIpc) is 3.40. The molecule has 0 aliphatic heterocycles. The number of nitrogens with zero attached hydrogens (tertiary/aromatic N) is 2. The standard InChI is InChI=1S/C20H17N3O2S3/c1-23-19(25)18-14(9-11-27-18)21-20(23)28-12-16(24)22-17(15-8-5-10-26-15)13-6-3-2-4-7-13/h2-11,17H,12H2,1H3,(H,22,24). The Hall–Kier alpha value is -2.42. The fraction of sp³-hybridized carbons (Fsp3) is 0.150. The monoisotopic (exact) mass is 427 g/mol. The van der Waals surface area contributed by atoms with Gasteiger partial charge in [-0.1, -0.05) is 48.2 Å². The smallest absolute Gasteiger partial charge is 0.271 e. The first kappa shape index (κ1) is 18.9. The van der Waals surface area contributed by atoms with Gasteiger partial charge in [0.05, 0.1) is 17.3 Å². The van der Waals surface area contributed by atoms with Crippen LogP contribution >= 0.6 is 34.4 Å².